The number of hydrogen-bond donors (Lipinski definition) is 3. The lowest BCUT2D eigenvalue weighted by atomic mass is 9.85. The Morgan fingerprint density at radius 1 is 1.00 bits per heavy atom. The van der Waals surface area contributed by atoms with Gasteiger partial charge in [0.1, 0.15) is 29.0 Å². The average molecular weight is 618 g/mol. The summed E-state index contributed by atoms with van der Waals surface area (Å²) < 4.78 is 28.2. The minimum absolute atomic E-state index is 0.0260. The Hall–Kier alpha value is -4.71. The van der Waals surface area contributed by atoms with Crippen LogP contribution in [0.3, 0.4) is 0 Å². The van der Waals surface area contributed by atoms with Crippen molar-refractivity contribution in [3.63, 3.8) is 0 Å². The summed E-state index contributed by atoms with van der Waals surface area (Å²) in [5.74, 6) is -1.17. The van der Waals surface area contributed by atoms with Gasteiger partial charge in [-0.2, -0.15) is 0 Å². The zero-order valence-corrected chi connectivity index (χ0v) is 25.3. The lowest BCUT2D eigenvalue weighted by Crippen LogP contribution is -2.65. The van der Waals surface area contributed by atoms with E-state index in [1.807, 2.05) is 60.7 Å². The van der Waals surface area contributed by atoms with E-state index in [-0.39, 0.29) is 40.2 Å². The van der Waals surface area contributed by atoms with E-state index < -0.39 is 47.8 Å². The van der Waals surface area contributed by atoms with Crippen LogP contribution in [0.4, 0.5) is 4.79 Å². The molecule has 4 atom stereocenters. The van der Waals surface area contributed by atoms with Gasteiger partial charge in [-0.05, 0) is 44.0 Å². The molecule has 1 aromatic heterocycles. The van der Waals surface area contributed by atoms with Crippen LogP contribution in [0.25, 0.3) is 11.0 Å². The third kappa shape index (κ3) is 6.28. The molecule has 5 rings (SSSR count). The second-order valence-electron chi connectivity index (χ2n) is 11.4. The number of carbonyl (C=O) groups is 2. The van der Waals surface area contributed by atoms with Crippen LogP contribution in [-0.2, 0) is 25.4 Å². The first kappa shape index (κ1) is 31.7. The molecule has 1 fully saturated rings. The molecule has 1 saturated heterocycles. The van der Waals surface area contributed by atoms with Gasteiger partial charge in [0.05, 0.1) is 22.5 Å². The van der Waals surface area contributed by atoms with E-state index in [0.717, 1.165) is 11.1 Å². The summed E-state index contributed by atoms with van der Waals surface area (Å²) in [7, 11) is 1.38. The molecule has 1 amide bonds. The molecule has 0 saturated carbocycles. The Kier molecular flexibility index (Phi) is 8.96. The fraction of sp³-hybridized carbons (Fsp3) is 0.324. The number of aliphatic hydroxyl groups excluding tert-OH is 1. The lowest BCUT2D eigenvalue weighted by molar-refractivity contribution is -0.304. The maximum atomic E-state index is 13.7. The first-order valence-corrected chi connectivity index (χ1v) is 14.3. The van der Waals surface area contributed by atoms with Crippen LogP contribution >= 0.6 is 0 Å². The van der Waals surface area contributed by atoms with Crippen LogP contribution in [0, 0.1) is 6.92 Å². The van der Waals surface area contributed by atoms with Crippen molar-refractivity contribution in [1.82, 2.24) is 0 Å². The Morgan fingerprint density at radius 3 is 2.16 bits per heavy atom. The summed E-state index contributed by atoms with van der Waals surface area (Å²) in [5, 5.41) is 22.4. The third-order valence-corrected chi connectivity index (χ3v) is 8.05. The summed E-state index contributed by atoms with van der Waals surface area (Å²) in [5.41, 5.74) is 4.97. The summed E-state index contributed by atoms with van der Waals surface area (Å²) >= 11 is 0. The van der Waals surface area contributed by atoms with Gasteiger partial charge in [0.2, 0.25) is 6.29 Å². The molecular formula is C34H35NO10. The number of aryl methyl sites for hydroxylation is 1. The maximum absolute atomic E-state index is 13.7. The molecule has 1 aliphatic heterocycles. The molecule has 11 heteroatoms. The van der Waals surface area contributed by atoms with Gasteiger partial charge in [-0.1, -0.05) is 60.7 Å². The van der Waals surface area contributed by atoms with E-state index >= 15 is 0 Å². The zero-order chi connectivity index (χ0) is 32.5. The molecule has 45 heavy (non-hydrogen) atoms. The highest BCUT2D eigenvalue weighted by atomic mass is 16.7. The Morgan fingerprint density at radius 2 is 1.60 bits per heavy atom. The number of primary amides is 1. The quantitative estimate of drug-likeness (QED) is 0.233. The van der Waals surface area contributed by atoms with Crippen molar-refractivity contribution in [1.29, 1.82) is 0 Å². The zero-order valence-electron chi connectivity index (χ0n) is 25.3. The molecule has 3 aromatic carbocycles. The van der Waals surface area contributed by atoms with Crippen molar-refractivity contribution in [3.8, 4) is 11.5 Å². The van der Waals surface area contributed by atoms with Gasteiger partial charge in [-0.25, -0.2) is 9.59 Å². The number of benzene rings is 3. The van der Waals surface area contributed by atoms with E-state index in [9.17, 15) is 24.6 Å². The van der Waals surface area contributed by atoms with Gasteiger partial charge >= 0.3 is 11.7 Å². The Labute approximate surface area is 259 Å². The van der Waals surface area contributed by atoms with E-state index in [1.165, 1.54) is 19.2 Å². The fourth-order valence-corrected chi connectivity index (χ4v) is 5.89. The van der Waals surface area contributed by atoms with Gasteiger partial charge in [0.25, 0.3) is 0 Å². The standard InChI is InChI=1S/C34H35NO10/c1-18-24(42-32-27(38)29(44-33(35)40)30(41-4)34(2,3)45-32)16-15-21-26(37)22(31(39)43-28(18)21)17-23(36)25(19-11-7-5-8-12-19)20-13-9-6-10-14-20/h5-16,25,27,29-30,32,37-38H,17H2,1-4H3,(H2,35,40)/t27-,29+,30-,32-/m1/s1. The van der Waals surface area contributed by atoms with Crippen molar-refractivity contribution >= 4 is 22.8 Å². The predicted molar refractivity (Wildman–Crippen MR) is 163 cm³/mol. The van der Waals surface area contributed by atoms with Gasteiger partial charge < -0.3 is 39.3 Å². The molecule has 0 aliphatic carbocycles. The molecule has 4 aromatic rings. The summed E-state index contributed by atoms with van der Waals surface area (Å²) in [6.07, 6.45) is -6.38. The molecule has 1 aliphatic rings. The molecule has 0 radical (unpaired) electrons. The van der Waals surface area contributed by atoms with E-state index in [0.29, 0.717) is 5.56 Å². The topological polar surface area (TPSA) is 168 Å². The molecule has 0 bridgehead atoms. The number of hydrogen-bond acceptors (Lipinski definition) is 10. The van der Waals surface area contributed by atoms with E-state index in [2.05, 4.69) is 0 Å². The van der Waals surface area contributed by atoms with E-state index in [1.54, 1.807) is 20.8 Å². The lowest BCUT2D eigenvalue weighted by Gasteiger charge is -2.47. The number of ether oxygens (including phenoxy) is 4. The van der Waals surface area contributed by atoms with Crippen LogP contribution in [-0.4, -0.2) is 59.4 Å². The van der Waals surface area contributed by atoms with Gasteiger partial charge in [0.15, 0.2) is 12.2 Å². The van der Waals surface area contributed by atoms with E-state index in [4.69, 9.17) is 29.1 Å². The van der Waals surface area contributed by atoms with Crippen molar-refractivity contribution in [2.75, 3.05) is 7.11 Å². The molecule has 236 valence electrons. The van der Waals surface area contributed by atoms with Gasteiger partial charge in [0, 0.05) is 19.1 Å². The van der Waals surface area contributed by atoms with Crippen molar-refractivity contribution in [2.24, 2.45) is 5.73 Å². The molecule has 0 spiro atoms. The fourth-order valence-electron chi connectivity index (χ4n) is 5.89. The number of carbonyl (C=O) groups excluding carboxylic acids is 2. The second-order valence-corrected chi connectivity index (χ2v) is 11.4. The number of rotatable bonds is 9. The number of nitrogens with two attached hydrogens (primary N) is 1. The summed E-state index contributed by atoms with van der Waals surface area (Å²) in [6, 6.07) is 21.4. The van der Waals surface area contributed by atoms with Gasteiger partial charge in [-0.3, -0.25) is 4.79 Å². The van der Waals surface area contributed by atoms with Crippen LogP contribution in [0.1, 0.15) is 42.0 Å². The number of amides is 1. The van der Waals surface area contributed by atoms with Gasteiger partial charge in [-0.15, -0.1) is 0 Å². The highest BCUT2D eigenvalue weighted by molar-refractivity contribution is 5.94. The Bertz CT molecular complexity index is 1710. The number of fused-ring (bicyclic) bond motifs is 1. The number of methoxy groups -OCH3 is 1. The molecular weight excluding hydrogens is 582 g/mol. The minimum atomic E-state index is -1.50. The maximum Gasteiger partial charge on any atom is 0.404 e. The highest BCUT2D eigenvalue weighted by Crippen LogP contribution is 2.38. The number of aliphatic hydroxyl groups is 1. The number of aromatic hydroxyl groups is 1. The van der Waals surface area contributed by atoms with Crippen LogP contribution in [0.15, 0.2) is 82.0 Å². The summed E-state index contributed by atoms with van der Waals surface area (Å²) in [4.78, 5) is 38.5. The smallest absolute Gasteiger partial charge is 0.404 e. The highest BCUT2D eigenvalue weighted by Gasteiger charge is 2.53. The minimum Gasteiger partial charge on any atom is -0.507 e. The van der Waals surface area contributed by atoms with Crippen LogP contribution < -0.4 is 16.1 Å². The normalized spacial score (nSPS) is 21.0. The largest absolute Gasteiger partial charge is 0.507 e. The van der Waals surface area contributed by atoms with Crippen molar-refractivity contribution in [3.05, 3.63) is 105 Å². The molecule has 0 unspecified atom stereocenters. The number of Topliss-reactive ketones (excluding diaryl/α,β-unsaturated/α-hetero) is 1. The third-order valence-electron chi connectivity index (χ3n) is 8.05. The van der Waals surface area contributed by atoms with Crippen molar-refractivity contribution in [2.45, 2.75) is 63.3 Å². The predicted octanol–water partition coefficient (Wildman–Crippen LogP) is 4.10. The first-order valence-electron chi connectivity index (χ1n) is 14.3. The number of ketones is 1. The first-order chi connectivity index (χ1) is 21.4. The van der Waals surface area contributed by atoms with Crippen LogP contribution in [0.2, 0.25) is 0 Å². The van der Waals surface area contributed by atoms with Crippen molar-refractivity contribution < 1.29 is 43.2 Å². The monoisotopic (exact) mass is 617 g/mol. The second kappa shape index (κ2) is 12.7. The molecule has 4 N–H and O–H groups in total. The molecule has 2 heterocycles. The van der Waals surface area contributed by atoms with Crippen LogP contribution in [0.5, 0.6) is 11.5 Å². The Balaban J connectivity index is 1.46. The summed E-state index contributed by atoms with van der Waals surface area (Å²) in [6.45, 7) is 4.95. The SMILES string of the molecule is CO[C@@H]1[C@@H](OC(N)=O)[C@@H](O)[C@H](Oc2ccc3c(O)c(CC(=O)C(c4ccccc4)c4ccccc4)c(=O)oc3c2C)OC1(C)C. The molecule has 11 nitrogen and oxygen atoms in total. The average Bonchev–Trinajstić information content (AvgIpc) is 3.00.